The molecule has 1 N–H and O–H groups in total. The number of para-hydroxylation sites is 2. The maximum absolute atomic E-state index is 13.3. The number of hydrogen-bond acceptors (Lipinski definition) is 3. The van der Waals surface area contributed by atoms with Crippen LogP contribution in [-0.4, -0.2) is 17.0 Å². The molecule has 2 aromatic carbocycles. The lowest BCUT2D eigenvalue weighted by Crippen LogP contribution is -2.20. The lowest BCUT2D eigenvalue weighted by atomic mass is 9.99. The molecular weight excluding hydrogens is 265 g/mol. The van der Waals surface area contributed by atoms with E-state index in [4.69, 9.17) is 0 Å². The van der Waals surface area contributed by atoms with Gasteiger partial charge in [0, 0.05) is 0 Å². The van der Waals surface area contributed by atoms with Gasteiger partial charge in [-0.3, -0.25) is 4.98 Å². The zero-order valence-electron chi connectivity index (χ0n) is 12.0. The smallest absolute Gasteiger partial charge is 0.123 e. The summed E-state index contributed by atoms with van der Waals surface area (Å²) in [5.41, 5.74) is 4.45. The summed E-state index contributed by atoms with van der Waals surface area (Å²) in [5, 5.41) is 3.23. The lowest BCUT2D eigenvalue weighted by Gasteiger charge is -2.18. The quantitative estimate of drug-likeness (QED) is 0.799. The zero-order valence-corrected chi connectivity index (χ0v) is 12.0. The molecular formula is C17H16FN3. The van der Waals surface area contributed by atoms with E-state index in [0.29, 0.717) is 0 Å². The number of aryl methyl sites for hydroxylation is 1. The second-order valence-electron chi connectivity index (χ2n) is 5.01. The highest BCUT2D eigenvalue weighted by Gasteiger charge is 2.16. The number of nitrogens with zero attached hydrogens (tertiary/aromatic N) is 2. The summed E-state index contributed by atoms with van der Waals surface area (Å²) >= 11 is 0. The normalized spacial score (nSPS) is 12.5. The number of aromatic nitrogens is 2. The van der Waals surface area contributed by atoms with Crippen molar-refractivity contribution in [3.8, 4) is 0 Å². The van der Waals surface area contributed by atoms with Gasteiger partial charge >= 0.3 is 0 Å². The van der Waals surface area contributed by atoms with Gasteiger partial charge in [0.05, 0.1) is 29.0 Å². The molecule has 0 aliphatic heterocycles. The molecule has 0 bridgehead atoms. The topological polar surface area (TPSA) is 37.8 Å². The van der Waals surface area contributed by atoms with E-state index < -0.39 is 0 Å². The molecule has 1 unspecified atom stereocenters. The summed E-state index contributed by atoms with van der Waals surface area (Å²) in [6.45, 7) is 1.90. The van der Waals surface area contributed by atoms with E-state index in [0.717, 1.165) is 27.9 Å². The summed E-state index contributed by atoms with van der Waals surface area (Å²) in [5.74, 6) is -0.226. The molecule has 0 aliphatic carbocycles. The fourth-order valence-corrected chi connectivity index (χ4v) is 2.54. The Labute approximate surface area is 122 Å². The predicted octanol–water partition coefficient (Wildman–Crippen LogP) is 3.39. The molecule has 1 atom stereocenters. The Bertz CT molecular complexity index is 786. The molecule has 1 heterocycles. The highest BCUT2D eigenvalue weighted by atomic mass is 19.1. The standard InChI is InChI=1S/C17H16FN3/c1-11-9-12(18)7-8-13(11)17(19-2)16-10-20-14-5-3-4-6-15(14)21-16/h3-10,17,19H,1-2H3. The molecule has 3 nitrogen and oxygen atoms in total. The molecule has 3 aromatic rings. The number of benzene rings is 2. The molecule has 0 fully saturated rings. The van der Waals surface area contributed by atoms with Crippen LogP contribution >= 0.6 is 0 Å². The maximum atomic E-state index is 13.3. The van der Waals surface area contributed by atoms with E-state index in [9.17, 15) is 4.39 Å². The van der Waals surface area contributed by atoms with Gasteiger partial charge in [0.15, 0.2) is 0 Å². The zero-order chi connectivity index (χ0) is 14.8. The molecule has 0 aliphatic rings. The van der Waals surface area contributed by atoms with Gasteiger partial charge in [0.1, 0.15) is 5.82 Å². The summed E-state index contributed by atoms with van der Waals surface area (Å²) < 4.78 is 13.3. The minimum absolute atomic E-state index is 0.109. The highest BCUT2D eigenvalue weighted by Crippen LogP contribution is 2.24. The highest BCUT2D eigenvalue weighted by molar-refractivity contribution is 5.73. The number of rotatable bonds is 3. The van der Waals surface area contributed by atoms with Gasteiger partial charge in [-0.1, -0.05) is 18.2 Å². The van der Waals surface area contributed by atoms with Crippen molar-refractivity contribution < 1.29 is 4.39 Å². The van der Waals surface area contributed by atoms with Crippen molar-refractivity contribution in [3.05, 3.63) is 71.3 Å². The Hall–Kier alpha value is -2.33. The van der Waals surface area contributed by atoms with Crippen LogP contribution in [0.5, 0.6) is 0 Å². The number of fused-ring (bicyclic) bond motifs is 1. The predicted molar refractivity (Wildman–Crippen MR) is 81.6 cm³/mol. The van der Waals surface area contributed by atoms with Crippen LogP contribution in [0.2, 0.25) is 0 Å². The molecule has 3 rings (SSSR count). The van der Waals surface area contributed by atoms with Crippen LogP contribution < -0.4 is 5.32 Å². The first kappa shape index (κ1) is 13.6. The summed E-state index contributed by atoms with van der Waals surface area (Å²) in [7, 11) is 1.87. The Balaban J connectivity index is 2.09. The first-order valence-corrected chi connectivity index (χ1v) is 6.84. The van der Waals surface area contributed by atoms with E-state index in [-0.39, 0.29) is 11.9 Å². The average Bonchev–Trinajstić information content (AvgIpc) is 2.50. The molecule has 0 amide bonds. The van der Waals surface area contributed by atoms with Gasteiger partial charge in [-0.25, -0.2) is 9.37 Å². The minimum atomic E-state index is -0.226. The minimum Gasteiger partial charge on any atom is -0.308 e. The molecule has 0 saturated carbocycles. The number of nitrogens with one attached hydrogen (secondary N) is 1. The van der Waals surface area contributed by atoms with Crippen LogP contribution in [-0.2, 0) is 0 Å². The van der Waals surface area contributed by atoms with E-state index in [1.165, 1.54) is 12.1 Å². The first-order chi connectivity index (χ1) is 10.2. The Morgan fingerprint density at radius 3 is 2.57 bits per heavy atom. The monoisotopic (exact) mass is 281 g/mol. The molecule has 0 spiro atoms. The van der Waals surface area contributed by atoms with Gasteiger partial charge in [-0.2, -0.15) is 0 Å². The van der Waals surface area contributed by atoms with Gasteiger partial charge in [0.25, 0.3) is 0 Å². The third-order valence-corrected chi connectivity index (χ3v) is 3.59. The van der Waals surface area contributed by atoms with Crippen molar-refractivity contribution in [2.24, 2.45) is 0 Å². The van der Waals surface area contributed by atoms with Crippen molar-refractivity contribution in [1.29, 1.82) is 0 Å². The molecule has 1 aromatic heterocycles. The fraction of sp³-hybridized carbons (Fsp3) is 0.176. The molecule has 0 radical (unpaired) electrons. The van der Waals surface area contributed by atoms with Crippen molar-refractivity contribution in [1.82, 2.24) is 15.3 Å². The summed E-state index contributed by atoms with van der Waals surface area (Å²) in [6.07, 6.45) is 1.77. The molecule has 0 saturated heterocycles. The summed E-state index contributed by atoms with van der Waals surface area (Å²) in [6, 6.07) is 12.5. The number of halogens is 1. The van der Waals surface area contributed by atoms with Gasteiger partial charge in [-0.15, -0.1) is 0 Å². The van der Waals surface area contributed by atoms with Crippen LogP contribution in [0.3, 0.4) is 0 Å². The van der Waals surface area contributed by atoms with Crippen molar-refractivity contribution in [2.75, 3.05) is 7.05 Å². The maximum Gasteiger partial charge on any atom is 0.123 e. The molecule has 106 valence electrons. The van der Waals surface area contributed by atoms with Gasteiger partial charge in [-0.05, 0) is 49.4 Å². The van der Waals surface area contributed by atoms with Crippen molar-refractivity contribution in [2.45, 2.75) is 13.0 Å². The van der Waals surface area contributed by atoms with Crippen molar-refractivity contribution in [3.63, 3.8) is 0 Å². The van der Waals surface area contributed by atoms with Crippen LogP contribution in [0.25, 0.3) is 11.0 Å². The molecule has 21 heavy (non-hydrogen) atoms. The SMILES string of the molecule is CNC(c1cnc2ccccc2n1)c1ccc(F)cc1C. The Morgan fingerprint density at radius 2 is 1.86 bits per heavy atom. The molecule has 4 heteroatoms. The lowest BCUT2D eigenvalue weighted by molar-refractivity contribution is 0.619. The third-order valence-electron chi connectivity index (χ3n) is 3.59. The Morgan fingerprint density at radius 1 is 1.10 bits per heavy atom. The number of hydrogen-bond donors (Lipinski definition) is 1. The van der Waals surface area contributed by atoms with Crippen molar-refractivity contribution >= 4 is 11.0 Å². The van der Waals surface area contributed by atoms with Crippen LogP contribution in [0.4, 0.5) is 4.39 Å². The largest absolute Gasteiger partial charge is 0.308 e. The van der Waals surface area contributed by atoms with Gasteiger partial charge in [0.2, 0.25) is 0 Å². The second kappa shape index (κ2) is 5.58. The van der Waals surface area contributed by atoms with E-state index >= 15 is 0 Å². The first-order valence-electron chi connectivity index (χ1n) is 6.84. The Kier molecular flexibility index (Phi) is 3.62. The summed E-state index contributed by atoms with van der Waals surface area (Å²) in [4.78, 5) is 9.11. The van der Waals surface area contributed by atoms with Crippen LogP contribution in [0, 0.1) is 12.7 Å². The van der Waals surface area contributed by atoms with Gasteiger partial charge < -0.3 is 5.32 Å². The van der Waals surface area contributed by atoms with Crippen LogP contribution in [0.1, 0.15) is 22.9 Å². The fourth-order valence-electron chi connectivity index (χ4n) is 2.54. The second-order valence-corrected chi connectivity index (χ2v) is 5.01. The van der Waals surface area contributed by atoms with E-state index in [2.05, 4.69) is 15.3 Å². The third kappa shape index (κ3) is 2.62. The average molecular weight is 281 g/mol. The van der Waals surface area contributed by atoms with Crippen LogP contribution in [0.15, 0.2) is 48.7 Å². The van der Waals surface area contributed by atoms with E-state index in [1.54, 1.807) is 12.3 Å². The van der Waals surface area contributed by atoms with E-state index in [1.807, 2.05) is 38.2 Å².